The Labute approximate surface area is 329 Å². The second kappa shape index (κ2) is 15.4. The molecule has 9 rings (SSSR count). The zero-order chi connectivity index (χ0) is 38.3. The minimum absolute atomic E-state index is 0.0294. The molecule has 3 fully saturated rings. The van der Waals surface area contributed by atoms with Gasteiger partial charge in [0.25, 0.3) is 5.91 Å². The first-order valence-corrected chi connectivity index (χ1v) is 20.6. The first kappa shape index (κ1) is 36.5. The fourth-order valence-corrected chi connectivity index (χ4v) is 10.1. The molecule has 4 heterocycles. The summed E-state index contributed by atoms with van der Waals surface area (Å²) in [6, 6.07) is 27.9. The molecular weight excluding hydrogens is 702 g/mol. The van der Waals surface area contributed by atoms with Crippen LogP contribution in [0.1, 0.15) is 88.5 Å². The Morgan fingerprint density at radius 1 is 0.768 bits per heavy atom. The normalized spacial score (nSPS) is 23.3. The zero-order valence-corrected chi connectivity index (χ0v) is 32.1. The number of hydrogen-bond donors (Lipinski definition) is 2. The molecule has 9 heteroatoms. The number of carbonyl (C=O) groups excluding carboxylic acids is 2. The number of hydrogen-bond acceptors (Lipinski definition) is 6. The molecule has 3 atom stereocenters. The van der Waals surface area contributed by atoms with Crippen LogP contribution in [0.5, 0.6) is 5.75 Å². The van der Waals surface area contributed by atoms with Crippen LogP contribution in [0.3, 0.4) is 0 Å². The lowest BCUT2D eigenvalue weighted by Crippen LogP contribution is -2.49. The van der Waals surface area contributed by atoms with Crippen LogP contribution in [0, 0.1) is 11.7 Å². The van der Waals surface area contributed by atoms with Crippen molar-refractivity contribution in [1.82, 2.24) is 15.1 Å². The Balaban J connectivity index is 0.770. The average molecular weight is 754 g/mol. The van der Waals surface area contributed by atoms with Crippen molar-refractivity contribution in [2.75, 3.05) is 55.6 Å². The smallest absolute Gasteiger partial charge is 0.255 e. The molecule has 0 saturated carbocycles. The summed E-state index contributed by atoms with van der Waals surface area (Å²) in [5, 5.41) is 13.0. The number of amides is 2. The van der Waals surface area contributed by atoms with E-state index in [0.29, 0.717) is 36.6 Å². The maximum absolute atomic E-state index is 16.1. The summed E-state index contributed by atoms with van der Waals surface area (Å²) in [6.45, 7) is 11.0. The average Bonchev–Trinajstić information content (AvgIpc) is 3.55. The van der Waals surface area contributed by atoms with Crippen molar-refractivity contribution < 1.29 is 19.1 Å². The van der Waals surface area contributed by atoms with E-state index in [2.05, 4.69) is 69.1 Å². The van der Waals surface area contributed by atoms with Gasteiger partial charge in [0.15, 0.2) is 0 Å². The summed E-state index contributed by atoms with van der Waals surface area (Å²) in [4.78, 5) is 34.8. The predicted molar refractivity (Wildman–Crippen MR) is 219 cm³/mol. The molecule has 8 nitrogen and oxygen atoms in total. The number of halogens is 1. The van der Waals surface area contributed by atoms with Gasteiger partial charge in [0, 0.05) is 68.7 Å². The Morgan fingerprint density at radius 2 is 1.57 bits per heavy atom. The molecule has 2 amide bonds. The second-order valence-electron chi connectivity index (χ2n) is 16.6. The number of benzene rings is 4. The van der Waals surface area contributed by atoms with E-state index in [1.807, 2.05) is 30.3 Å². The van der Waals surface area contributed by atoms with Crippen LogP contribution in [0.2, 0.25) is 0 Å². The first-order valence-electron chi connectivity index (χ1n) is 20.6. The molecule has 4 aromatic carbocycles. The van der Waals surface area contributed by atoms with Crippen LogP contribution in [0.15, 0.2) is 97.2 Å². The van der Waals surface area contributed by atoms with Crippen LogP contribution in [-0.4, -0.2) is 78.6 Å². The second-order valence-corrected chi connectivity index (χ2v) is 16.6. The van der Waals surface area contributed by atoms with Gasteiger partial charge < -0.3 is 25.1 Å². The lowest BCUT2D eigenvalue weighted by Gasteiger charge is -2.38. The molecule has 0 bridgehead atoms. The summed E-state index contributed by atoms with van der Waals surface area (Å²) in [5.74, 6) is 0.859. The van der Waals surface area contributed by atoms with E-state index in [4.69, 9.17) is 0 Å². The highest BCUT2D eigenvalue weighted by Gasteiger charge is 2.39. The number of nitrogens with one attached hydrogen (secondary N) is 1. The third-order valence-corrected chi connectivity index (χ3v) is 13.3. The van der Waals surface area contributed by atoms with E-state index in [0.717, 1.165) is 106 Å². The van der Waals surface area contributed by atoms with Crippen molar-refractivity contribution in [2.45, 2.75) is 69.4 Å². The molecule has 0 spiro atoms. The van der Waals surface area contributed by atoms with E-state index < -0.39 is 6.04 Å². The summed E-state index contributed by atoms with van der Waals surface area (Å²) < 4.78 is 16.1. The molecule has 3 saturated heterocycles. The molecule has 1 aliphatic carbocycles. The molecule has 2 N–H and O–H groups in total. The number of allylic oxidation sites excluding steroid dienone is 1. The molecule has 5 aliphatic rings. The van der Waals surface area contributed by atoms with E-state index in [1.54, 1.807) is 17.0 Å². The highest BCUT2D eigenvalue weighted by molar-refractivity contribution is 6.01. The molecule has 4 aromatic rings. The SMILES string of the molecule is C=C1CCC(N2Cc3cc(N4CCN(CCC5CCN(c6ccc([C@H]7c8ccc(O)cc8CC[C@H]7c7ccccc7)cc6F)CC5)CC4)ccc3C2=O)C(=O)N1. The van der Waals surface area contributed by atoms with Crippen molar-refractivity contribution in [3.63, 3.8) is 0 Å². The summed E-state index contributed by atoms with van der Waals surface area (Å²) >= 11 is 0. The van der Waals surface area contributed by atoms with Gasteiger partial charge in [0.1, 0.15) is 17.6 Å². The van der Waals surface area contributed by atoms with E-state index in [9.17, 15) is 14.7 Å². The maximum atomic E-state index is 16.1. The van der Waals surface area contributed by atoms with Crippen molar-refractivity contribution in [2.24, 2.45) is 5.92 Å². The van der Waals surface area contributed by atoms with E-state index in [-0.39, 0.29) is 35.2 Å². The molecule has 0 radical (unpaired) electrons. The quantitative estimate of drug-likeness (QED) is 0.193. The topological polar surface area (TPSA) is 79.4 Å². The lowest BCUT2D eigenvalue weighted by atomic mass is 9.69. The van der Waals surface area contributed by atoms with Gasteiger partial charge in [-0.1, -0.05) is 49.0 Å². The molecule has 290 valence electrons. The third-order valence-electron chi connectivity index (χ3n) is 13.3. The number of phenolic OH excluding ortho intramolecular Hbond substituents is 1. The maximum Gasteiger partial charge on any atom is 0.255 e. The van der Waals surface area contributed by atoms with Gasteiger partial charge in [0.05, 0.1) is 5.69 Å². The van der Waals surface area contributed by atoms with Gasteiger partial charge in [-0.25, -0.2) is 4.39 Å². The van der Waals surface area contributed by atoms with E-state index >= 15 is 4.39 Å². The number of phenols is 1. The highest BCUT2D eigenvalue weighted by Crippen LogP contribution is 2.47. The fraction of sp³-hybridized carbons (Fsp3) is 0.404. The molecule has 1 unspecified atom stereocenters. The number of aryl methyl sites for hydroxylation is 1. The molecule has 0 aromatic heterocycles. The van der Waals surface area contributed by atoms with Crippen molar-refractivity contribution >= 4 is 23.2 Å². The standard InChI is InChI=1S/C47H52FN5O3/c1-31-7-15-44(46(55)49-31)53-30-36-27-37(10-13-41(36)47(53)56)51-25-23-50(24-26-51)20-17-32-18-21-52(22-19-32)43-16-9-35(29-42(43)48)45-39(33-5-3-2-4-6-33)12-8-34-28-38(54)11-14-40(34)45/h2-6,9-11,13-14,16,27-29,32,39,44-45,54H,1,7-8,12,15,17-26,30H2,(H,49,55)/t39-,44?,45+/m0/s1. The number of aromatic hydroxyl groups is 1. The van der Waals surface area contributed by atoms with Gasteiger partial charge in [-0.05, 0) is 134 Å². The molecule has 4 aliphatic heterocycles. The van der Waals surface area contributed by atoms with Gasteiger partial charge in [0.2, 0.25) is 5.91 Å². The summed E-state index contributed by atoms with van der Waals surface area (Å²) in [7, 11) is 0. The van der Waals surface area contributed by atoms with Crippen LogP contribution >= 0.6 is 0 Å². The van der Waals surface area contributed by atoms with Crippen LogP contribution in [-0.2, 0) is 17.8 Å². The van der Waals surface area contributed by atoms with Crippen molar-refractivity contribution in [3.05, 3.63) is 136 Å². The number of carbonyl (C=O) groups is 2. The van der Waals surface area contributed by atoms with Crippen LogP contribution < -0.4 is 15.1 Å². The van der Waals surface area contributed by atoms with Gasteiger partial charge in [-0.3, -0.25) is 14.5 Å². The lowest BCUT2D eigenvalue weighted by molar-refractivity contribution is -0.126. The van der Waals surface area contributed by atoms with Crippen molar-refractivity contribution in [1.29, 1.82) is 0 Å². The Kier molecular flexibility index (Phi) is 10.0. The van der Waals surface area contributed by atoms with Gasteiger partial charge >= 0.3 is 0 Å². The summed E-state index contributed by atoms with van der Waals surface area (Å²) in [5.41, 5.74) is 8.89. The predicted octanol–water partition coefficient (Wildman–Crippen LogP) is 7.57. The number of fused-ring (bicyclic) bond motifs is 2. The Bertz CT molecular complexity index is 2120. The minimum Gasteiger partial charge on any atom is -0.508 e. The van der Waals surface area contributed by atoms with Gasteiger partial charge in [-0.2, -0.15) is 0 Å². The van der Waals surface area contributed by atoms with Crippen LogP contribution in [0.25, 0.3) is 0 Å². The van der Waals surface area contributed by atoms with Crippen LogP contribution in [0.4, 0.5) is 15.8 Å². The van der Waals surface area contributed by atoms with E-state index in [1.165, 1.54) is 11.1 Å². The Hall–Kier alpha value is -5.15. The zero-order valence-electron chi connectivity index (χ0n) is 32.1. The largest absolute Gasteiger partial charge is 0.508 e. The summed E-state index contributed by atoms with van der Waals surface area (Å²) in [6.07, 6.45) is 6.46. The minimum atomic E-state index is -0.440. The highest BCUT2D eigenvalue weighted by atomic mass is 19.1. The number of piperidine rings is 2. The molecular formula is C47H52FN5O3. The molecule has 56 heavy (non-hydrogen) atoms. The monoisotopic (exact) mass is 753 g/mol. The number of anilines is 2. The number of piperazine rings is 1. The number of rotatable bonds is 8. The number of nitrogens with zero attached hydrogens (tertiary/aromatic N) is 4. The third kappa shape index (κ3) is 7.18. The first-order chi connectivity index (χ1) is 27.3. The Morgan fingerprint density at radius 3 is 2.34 bits per heavy atom. The van der Waals surface area contributed by atoms with Crippen molar-refractivity contribution in [3.8, 4) is 5.75 Å². The fourth-order valence-electron chi connectivity index (χ4n) is 10.1. The van der Waals surface area contributed by atoms with Gasteiger partial charge in [-0.15, -0.1) is 0 Å².